The van der Waals surface area contributed by atoms with Crippen molar-refractivity contribution in [2.24, 2.45) is 11.7 Å². The Labute approximate surface area is 131 Å². The first-order valence-electron chi connectivity index (χ1n) is 7.71. The Morgan fingerprint density at radius 1 is 1.30 bits per heavy atom. The number of benzene rings is 1. The molecule has 1 unspecified atom stereocenters. The fraction of sp³-hybridized carbons (Fsp3) is 0.647. The molecule has 2 N–H and O–H groups in total. The highest BCUT2D eigenvalue weighted by Gasteiger charge is 2.27. The minimum Gasteiger partial charge on any atom is -0.329 e. The number of nitrogens with two attached hydrogens (primary N) is 1. The van der Waals surface area contributed by atoms with Crippen LogP contribution in [0.1, 0.15) is 49.8 Å². The first-order valence-corrected chi connectivity index (χ1v) is 8.50. The van der Waals surface area contributed by atoms with Crippen molar-refractivity contribution in [2.45, 2.75) is 51.6 Å². The van der Waals surface area contributed by atoms with Gasteiger partial charge in [0.05, 0.1) is 0 Å². The summed E-state index contributed by atoms with van der Waals surface area (Å²) in [7, 11) is 2.24. The highest BCUT2D eigenvalue weighted by molar-refractivity contribution is 9.10. The number of hydrogen-bond acceptors (Lipinski definition) is 2. The van der Waals surface area contributed by atoms with Crippen molar-refractivity contribution >= 4 is 15.9 Å². The van der Waals surface area contributed by atoms with Crippen LogP contribution < -0.4 is 5.73 Å². The zero-order valence-electron chi connectivity index (χ0n) is 12.9. The zero-order chi connectivity index (χ0) is 14.7. The van der Waals surface area contributed by atoms with Gasteiger partial charge in [0.25, 0.3) is 0 Å². The molecule has 20 heavy (non-hydrogen) atoms. The molecule has 1 aromatic carbocycles. The summed E-state index contributed by atoms with van der Waals surface area (Å²) in [6, 6.07) is 7.57. The van der Waals surface area contributed by atoms with Crippen molar-refractivity contribution in [1.82, 2.24) is 4.90 Å². The molecular weight excluding hydrogens is 312 g/mol. The first kappa shape index (κ1) is 16.0. The number of hydrogen-bond donors (Lipinski definition) is 1. The lowest BCUT2D eigenvalue weighted by atomic mass is 9.86. The Bertz CT molecular complexity index is 439. The van der Waals surface area contributed by atoms with E-state index in [0.717, 1.165) is 5.92 Å². The predicted octanol–water partition coefficient (Wildman–Crippen LogP) is 4.27. The summed E-state index contributed by atoms with van der Waals surface area (Å²) in [4.78, 5) is 2.50. The molecule has 0 aliphatic heterocycles. The van der Waals surface area contributed by atoms with Gasteiger partial charge < -0.3 is 5.73 Å². The molecule has 112 valence electrons. The lowest BCUT2D eigenvalue weighted by Gasteiger charge is -2.38. The van der Waals surface area contributed by atoms with Crippen LogP contribution in [0.5, 0.6) is 0 Å². The molecule has 1 aliphatic rings. The van der Waals surface area contributed by atoms with E-state index in [1.165, 1.54) is 41.3 Å². The van der Waals surface area contributed by atoms with Gasteiger partial charge in [-0.15, -0.1) is 0 Å². The highest BCUT2D eigenvalue weighted by Crippen LogP contribution is 2.33. The molecule has 1 aromatic rings. The molecule has 0 amide bonds. The minimum absolute atomic E-state index is 0.309. The number of aryl methyl sites for hydroxylation is 1. The van der Waals surface area contributed by atoms with E-state index >= 15 is 0 Å². The van der Waals surface area contributed by atoms with Gasteiger partial charge in [-0.2, -0.15) is 0 Å². The third-order valence-corrected chi connectivity index (χ3v) is 5.48. The van der Waals surface area contributed by atoms with E-state index in [-0.39, 0.29) is 0 Å². The average molecular weight is 339 g/mol. The van der Waals surface area contributed by atoms with Crippen LogP contribution in [-0.4, -0.2) is 24.5 Å². The topological polar surface area (TPSA) is 29.3 Å². The lowest BCUT2D eigenvalue weighted by Crippen LogP contribution is -2.40. The quantitative estimate of drug-likeness (QED) is 0.888. The van der Waals surface area contributed by atoms with Gasteiger partial charge in [-0.1, -0.05) is 35.0 Å². The molecule has 1 fully saturated rings. The van der Waals surface area contributed by atoms with Crippen LogP contribution in [0.3, 0.4) is 0 Å². The third kappa shape index (κ3) is 3.63. The summed E-state index contributed by atoms with van der Waals surface area (Å²) in [6.45, 7) is 5.16. The Kier molecular flexibility index (Phi) is 5.65. The molecule has 3 heteroatoms. The average Bonchev–Trinajstić information content (AvgIpc) is 2.42. The zero-order valence-corrected chi connectivity index (χ0v) is 14.5. The summed E-state index contributed by atoms with van der Waals surface area (Å²) in [6.07, 6.45) is 5.30. The van der Waals surface area contributed by atoms with Crippen LogP contribution in [0.25, 0.3) is 0 Å². The van der Waals surface area contributed by atoms with E-state index in [9.17, 15) is 0 Å². The van der Waals surface area contributed by atoms with Gasteiger partial charge >= 0.3 is 0 Å². The molecule has 1 saturated carbocycles. The van der Waals surface area contributed by atoms with Crippen molar-refractivity contribution in [3.05, 3.63) is 33.8 Å². The predicted molar refractivity (Wildman–Crippen MR) is 89.9 cm³/mol. The van der Waals surface area contributed by atoms with Gasteiger partial charge in [0, 0.05) is 23.1 Å². The van der Waals surface area contributed by atoms with Crippen LogP contribution in [0.4, 0.5) is 0 Å². The van der Waals surface area contributed by atoms with Crippen LogP contribution >= 0.6 is 15.9 Å². The standard InChI is InChI=1S/C17H27BrN2/c1-12-4-7-14(8-5-12)20(3)17(11-19)15-9-6-13(2)10-16(15)18/h6,9-10,12,14,17H,4-5,7-8,11,19H2,1-3H3. The summed E-state index contributed by atoms with van der Waals surface area (Å²) in [5.41, 5.74) is 8.69. The minimum atomic E-state index is 0.309. The Balaban J connectivity index is 2.14. The summed E-state index contributed by atoms with van der Waals surface area (Å²) in [5, 5.41) is 0. The second-order valence-electron chi connectivity index (χ2n) is 6.36. The Hall–Kier alpha value is -0.380. The molecule has 2 rings (SSSR count). The number of halogens is 1. The molecule has 1 aliphatic carbocycles. The van der Waals surface area contributed by atoms with Crippen molar-refractivity contribution < 1.29 is 0 Å². The number of nitrogens with zero attached hydrogens (tertiary/aromatic N) is 1. The van der Waals surface area contributed by atoms with Gasteiger partial charge in [0.15, 0.2) is 0 Å². The summed E-state index contributed by atoms with van der Waals surface area (Å²) in [5.74, 6) is 0.891. The van der Waals surface area contributed by atoms with Gasteiger partial charge in [0.1, 0.15) is 0 Å². The first-order chi connectivity index (χ1) is 9.52. The van der Waals surface area contributed by atoms with E-state index in [0.29, 0.717) is 18.6 Å². The molecule has 0 spiro atoms. The van der Waals surface area contributed by atoms with E-state index in [1.54, 1.807) is 0 Å². The maximum absolute atomic E-state index is 6.08. The Morgan fingerprint density at radius 3 is 2.50 bits per heavy atom. The van der Waals surface area contributed by atoms with Crippen LogP contribution in [-0.2, 0) is 0 Å². The van der Waals surface area contributed by atoms with Gasteiger partial charge in [-0.05, 0) is 62.8 Å². The Morgan fingerprint density at radius 2 is 1.95 bits per heavy atom. The number of likely N-dealkylation sites (N-methyl/N-ethyl adjacent to an activating group) is 1. The second-order valence-corrected chi connectivity index (χ2v) is 7.21. The van der Waals surface area contributed by atoms with E-state index in [4.69, 9.17) is 5.73 Å². The van der Waals surface area contributed by atoms with Crippen LogP contribution in [0.15, 0.2) is 22.7 Å². The summed E-state index contributed by atoms with van der Waals surface area (Å²) >= 11 is 3.71. The second kappa shape index (κ2) is 7.06. The molecule has 0 aromatic heterocycles. The summed E-state index contributed by atoms with van der Waals surface area (Å²) < 4.78 is 1.18. The smallest absolute Gasteiger partial charge is 0.0481 e. The van der Waals surface area contributed by atoms with E-state index in [1.807, 2.05) is 0 Å². The van der Waals surface area contributed by atoms with Crippen LogP contribution in [0.2, 0.25) is 0 Å². The molecular formula is C17H27BrN2. The van der Waals surface area contributed by atoms with Gasteiger partial charge in [0.2, 0.25) is 0 Å². The fourth-order valence-corrected chi connectivity index (χ4v) is 4.08. The molecule has 0 heterocycles. The number of rotatable bonds is 4. The van der Waals surface area contributed by atoms with Crippen molar-refractivity contribution in [3.63, 3.8) is 0 Å². The van der Waals surface area contributed by atoms with Gasteiger partial charge in [-0.3, -0.25) is 4.90 Å². The molecule has 2 nitrogen and oxygen atoms in total. The fourth-order valence-electron chi connectivity index (χ4n) is 3.32. The van der Waals surface area contributed by atoms with Crippen LogP contribution in [0, 0.1) is 12.8 Å². The maximum atomic E-state index is 6.08. The molecule has 0 bridgehead atoms. The van der Waals surface area contributed by atoms with E-state index < -0.39 is 0 Å². The van der Waals surface area contributed by atoms with Crippen molar-refractivity contribution in [1.29, 1.82) is 0 Å². The monoisotopic (exact) mass is 338 g/mol. The van der Waals surface area contributed by atoms with Gasteiger partial charge in [-0.25, -0.2) is 0 Å². The van der Waals surface area contributed by atoms with Crippen molar-refractivity contribution in [3.8, 4) is 0 Å². The highest BCUT2D eigenvalue weighted by atomic mass is 79.9. The SMILES string of the molecule is Cc1ccc(C(CN)N(C)C2CCC(C)CC2)c(Br)c1. The molecule has 1 atom stereocenters. The lowest BCUT2D eigenvalue weighted by molar-refractivity contribution is 0.126. The molecule has 0 saturated heterocycles. The van der Waals surface area contributed by atoms with Crippen molar-refractivity contribution in [2.75, 3.05) is 13.6 Å². The van der Waals surface area contributed by atoms with E-state index in [2.05, 4.69) is 59.9 Å². The molecule has 0 radical (unpaired) electrons. The third-order valence-electron chi connectivity index (χ3n) is 4.79. The largest absolute Gasteiger partial charge is 0.329 e. The normalized spacial score (nSPS) is 24.9. The maximum Gasteiger partial charge on any atom is 0.0481 e.